The topological polar surface area (TPSA) is 105 Å². The van der Waals surface area contributed by atoms with E-state index in [1.54, 1.807) is 4.90 Å². The maximum atomic E-state index is 13.2. The molecule has 5 rings (SSSR count). The molecule has 1 aliphatic carbocycles. The summed E-state index contributed by atoms with van der Waals surface area (Å²) in [5.74, 6) is -1.40. The number of hydrogen-bond donors (Lipinski definition) is 2. The van der Waals surface area contributed by atoms with Crippen molar-refractivity contribution in [3.63, 3.8) is 0 Å². The Morgan fingerprint density at radius 2 is 1.59 bits per heavy atom. The van der Waals surface area contributed by atoms with E-state index in [0.717, 1.165) is 35.1 Å². The Bertz CT molecular complexity index is 1040. The third-order valence-electron chi connectivity index (χ3n) is 6.94. The number of carboxylic acids is 1. The number of alkyl carbamates (subject to hydrolysis) is 1. The fourth-order valence-corrected chi connectivity index (χ4v) is 5.32. The summed E-state index contributed by atoms with van der Waals surface area (Å²) in [6.45, 7) is 1.05. The first-order valence-corrected chi connectivity index (χ1v) is 11.8. The zero-order chi connectivity index (χ0) is 23.7. The largest absolute Gasteiger partial charge is 0.481 e. The molecule has 0 radical (unpaired) electrons. The molecule has 8 nitrogen and oxygen atoms in total. The Labute approximate surface area is 197 Å². The van der Waals surface area contributed by atoms with Crippen molar-refractivity contribution in [2.45, 2.75) is 49.9 Å². The van der Waals surface area contributed by atoms with Crippen molar-refractivity contribution in [3.8, 4) is 11.1 Å². The van der Waals surface area contributed by atoms with E-state index >= 15 is 0 Å². The fraction of sp³-hybridized carbons (Fsp3) is 0.423. The number of benzene rings is 2. The molecule has 0 spiro atoms. The number of carbonyl (C=O) groups excluding carboxylic acids is 2. The zero-order valence-electron chi connectivity index (χ0n) is 18.8. The molecular formula is C26H28N2O6. The average Bonchev–Trinajstić information content (AvgIpc) is 3.35. The fourth-order valence-electron chi connectivity index (χ4n) is 5.32. The smallest absolute Gasteiger partial charge is 0.407 e. The molecule has 8 heteroatoms. The van der Waals surface area contributed by atoms with Crippen LogP contribution in [0, 0.1) is 0 Å². The van der Waals surface area contributed by atoms with Gasteiger partial charge in [0.2, 0.25) is 5.91 Å². The number of ether oxygens (including phenoxy) is 2. The summed E-state index contributed by atoms with van der Waals surface area (Å²) < 4.78 is 11.4. The van der Waals surface area contributed by atoms with E-state index in [2.05, 4.69) is 17.4 Å². The average molecular weight is 465 g/mol. The van der Waals surface area contributed by atoms with Crippen molar-refractivity contribution in [1.29, 1.82) is 0 Å². The van der Waals surface area contributed by atoms with Crippen LogP contribution in [0.25, 0.3) is 11.1 Å². The van der Waals surface area contributed by atoms with Crippen molar-refractivity contribution in [2.75, 3.05) is 19.7 Å². The van der Waals surface area contributed by atoms with Gasteiger partial charge in [-0.2, -0.15) is 0 Å². The van der Waals surface area contributed by atoms with Gasteiger partial charge in [-0.25, -0.2) is 4.79 Å². The van der Waals surface area contributed by atoms with E-state index in [4.69, 9.17) is 14.6 Å². The minimum atomic E-state index is -1.02. The third kappa shape index (κ3) is 4.50. The molecule has 3 aliphatic rings. The molecule has 2 aliphatic heterocycles. The molecule has 34 heavy (non-hydrogen) atoms. The number of fused-ring (bicyclic) bond motifs is 5. The highest BCUT2D eigenvalue weighted by atomic mass is 16.5. The van der Waals surface area contributed by atoms with Gasteiger partial charge in [-0.1, -0.05) is 48.5 Å². The van der Waals surface area contributed by atoms with Crippen LogP contribution in [0.4, 0.5) is 4.79 Å². The minimum Gasteiger partial charge on any atom is -0.481 e. The number of nitrogens with one attached hydrogen (secondary N) is 1. The van der Waals surface area contributed by atoms with Crippen molar-refractivity contribution in [3.05, 3.63) is 59.7 Å². The Hall–Kier alpha value is -3.39. The van der Waals surface area contributed by atoms with Gasteiger partial charge in [0.05, 0.1) is 12.2 Å². The van der Waals surface area contributed by atoms with Crippen LogP contribution in [0.1, 0.15) is 42.7 Å². The molecule has 2 N–H and O–H groups in total. The molecule has 2 saturated heterocycles. The summed E-state index contributed by atoms with van der Waals surface area (Å²) >= 11 is 0. The van der Waals surface area contributed by atoms with Crippen LogP contribution in [0.5, 0.6) is 0 Å². The van der Waals surface area contributed by atoms with Gasteiger partial charge in [0.25, 0.3) is 0 Å². The molecular weight excluding hydrogens is 436 g/mol. The van der Waals surface area contributed by atoms with Crippen LogP contribution in [-0.4, -0.2) is 65.9 Å². The lowest BCUT2D eigenvalue weighted by Crippen LogP contribution is -2.54. The summed E-state index contributed by atoms with van der Waals surface area (Å²) in [5, 5.41) is 11.8. The highest BCUT2D eigenvalue weighted by Crippen LogP contribution is 2.44. The molecule has 0 saturated carbocycles. The van der Waals surface area contributed by atoms with E-state index in [0.29, 0.717) is 13.1 Å². The van der Waals surface area contributed by atoms with Crippen LogP contribution in [-0.2, 0) is 19.1 Å². The molecule has 2 aromatic carbocycles. The second kappa shape index (κ2) is 9.46. The normalized spacial score (nSPS) is 21.5. The van der Waals surface area contributed by atoms with E-state index in [1.807, 2.05) is 36.4 Å². The van der Waals surface area contributed by atoms with Gasteiger partial charge in [-0.15, -0.1) is 0 Å². The summed E-state index contributed by atoms with van der Waals surface area (Å²) in [5.41, 5.74) is 4.45. The number of amides is 2. The number of aliphatic carboxylic acids is 1. The molecule has 2 fully saturated rings. The van der Waals surface area contributed by atoms with E-state index in [-0.39, 0.29) is 43.5 Å². The molecule has 2 aromatic rings. The lowest BCUT2D eigenvalue weighted by molar-refractivity contribution is -0.143. The number of hydrogen-bond acceptors (Lipinski definition) is 5. The first-order valence-electron chi connectivity index (χ1n) is 11.8. The Morgan fingerprint density at radius 1 is 1.00 bits per heavy atom. The van der Waals surface area contributed by atoms with Crippen LogP contribution < -0.4 is 5.32 Å². The highest BCUT2D eigenvalue weighted by Gasteiger charge is 2.38. The van der Waals surface area contributed by atoms with Gasteiger partial charge >= 0.3 is 12.1 Å². The Kier molecular flexibility index (Phi) is 6.24. The van der Waals surface area contributed by atoms with Gasteiger partial charge < -0.3 is 24.8 Å². The number of morpholine rings is 1. The molecule has 2 bridgehead atoms. The second-order valence-corrected chi connectivity index (χ2v) is 9.16. The summed E-state index contributed by atoms with van der Waals surface area (Å²) in [4.78, 5) is 38.7. The van der Waals surface area contributed by atoms with Gasteiger partial charge in [-0.05, 0) is 41.5 Å². The summed E-state index contributed by atoms with van der Waals surface area (Å²) in [7, 11) is 0. The standard InChI is InChI=1S/C26H28N2O6/c29-24(30)12-11-23(25(31)28-13-16-9-10-17(14-28)34-16)27-26(32)33-15-22-20-7-3-1-5-18(20)19-6-2-4-8-21(19)22/h1-8,16-17,22-23H,9-15H2,(H,27,32)(H,29,30). The number of nitrogens with zero attached hydrogens (tertiary/aromatic N) is 1. The van der Waals surface area contributed by atoms with Gasteiger partial charge in [0.1, 0.15) is 12.6 Å². The van der Waals surface area contributed by atoms with Gasteiger partial charge in [0.15, 0.2) is 0 Å². The van der Waals surface area contributed by atoms with Gasteiger partial charge in [-0.3, -0.25) is 9.59 Å². The molecule has 0 aromatic heterocycles. The molecule has 2 heterocycles. The molecule has 178 valence electrons. The van der Waals surface area contributed by atoms with Crippen molar-refractivity contribution >= 4 is 18.0 Å². The minimum absolute atomic E-state index is 0.00501. The van der Waals surface area contributed by atoms with Crippen LogP contribution >= 0.6 is 0 Å². The third-order valence-corrected chi connectivity index (χ3v) is 6.94. The lowest BCUT2D eigenvalue weighted by Gasteiger charge is -2.34. The lowest BCUT2D eigenvalue weighted by atomic mass is 9.98. The quantitative estimate of drug-likeness (QED) is 0.652. The number of carbonyl (C=O) groups is 3. The van der Waals surface area contributed by atoms with Crippen LogP contribution in [0.3, 0.4) is 0 Å². The van der Waals surface area contributed by atoms with E-state index in [9.17, 15) is 14.4 Å². The number of rotatable bonds is 7. The molecule has 3 atom stereocenters. The summed E-state index contributed by atoms with van der Waals surface area (Å²) in [6, 6.07) is 15.1. The predicted octanol–water partition coefficient (Wildman–Crippen LogP) is 3.15. The number of likely N-dealkylation sites (tertiary alicyclic amines) is 1. The SMILES string of the molecule is O=C(O)CCC(NC(=O)OCC1c2ccccc2-c2ccccc21)C(=O)N1CC2CCC(C1)O2. The molecule has 2 amide bonds. The second-order valence-electron chi connectivity index (χ2n) is 9.16. The monoisotopic (exact) mass is 464 g/mol. The van der Waals surface area contributed by atoms with Crippen molar-refractivity contribution in [1.82, 2.24) is 10.2 Å². The van der Waals surface area contributed by atoms with Crippen LogP contribution in [0.2, 0.25) is 0 Å². The van der Waals surface area contributed by atoms with E-state index in [1.165, 1.54) is 0 Å². The molecule has 3 unspecified atom stereocenters. The first-order chi connectivity index (χ1) is 16.5. The zero-order valence-corrected chi connectivity index (χ0v) is 18.8. The predicted molar refractivity (Wildman–Crippen MR) is 123 cm³/mol. The van der Waals surface area contributed by atoms with Crippen LogP contribution in [0.15, 0.2) is 48.5 Å². The number of carboxylic acid groups (broad SMARTS) is 1. The highest BCUT2D eigenvalue weighted by molar-refractivity contribution is 5.86. The van der Waals surface area contributed by atoms with Crippen molar-refractivity contribution in [2.24, 2.45) is 0 Å². The maximum Gasteiger partial charge on any atom is 0.407 e. The van der Waals surface area contributed by atoms with E-state index < -0.39 is 18.1 Å². The first kappa shape index (κ1) is 22.4. The van der Waals surface area contributed by atoms with Crippen molar-refractivity contribution < 1.29 is 29.0 Å². The Morgan fingerprint density at radius 3 is 2.18 bits per heavy atom. The van der Waals surface area contributed by atoms with Gasteiger partial charge in [0, 0.05) is 25.4 Å². The Balaban J connectivity index is 1.25. The summed E-state index contributed by atoms with van der Waals surface area (Å²) in [6.07, 6.45) is 0.904. The maximum absolute atomic E-state index is 13.2.